The normalized spacial score (nSPS) is 15.6. The highest BCUT2D eigenvalue weighted by Crippen LogP contribution is 2.40. The molecule has 8 nitrogen and oxygen atoms in total. The van der Waals surface area contributed by atoms with Gasteiger partial charge in [0, 0.05) is 24.3 Å². The summed E-state index contributed by atoms with van der Waals surface area (Å²) in [7, 11) is -2.67. The van der Waals surface area contributed by atoms with Crippen molar-refractivity contribution in [3.05, 3.63) is 77.7 Å². The van der Waals surface area contributed by atoms with Crippen LogP contribution in [-0.4, -0.2) is 36.8 Å². The van der Waals surface area contributed by atoms with Crippen LogP contribution in [0.1, 0.15) is 47.2 Å². The lowest BCUT2D eigenvalue weighted by Gasteiger charge is -2.21. The standard InChI is InChI=1S/C24H23N5O.C2H6O2S/c1-17-10-14-26-15-21(17)29-22-20(5-4-13-27-22)23(30)28-19-8-6-18(7-9-19)24(16-25)11-2-3-12-24;1-5(2,3)4/h4-10,13-15H,2-3,11-12H2,1H3,(H,27,29)(H,28,30);1H2,2H3,(H,3,4). The molecule has 35 heavy (non-hydrogen) atoms. The van der Waals surface area contributed by atoms with E-state index in [-0.39, 0.29) is 11.3 Å². The lowest BCUT2D eigenvalue weighted by atomic mass is 9.80. The highest BCUT2D eigenvalue weighted by atomic mass is 32.2. The molecule has 1 aliphatic rings. The number of rotatable bonds is 5. The summed E-state index contributed by atoms with van der Waals surface area (Å²) in [5, 5.41) is 15.8. The van der Waals surface area contributed by atoms with Crippen LogP contribution >= 0.6 is 0 Å². The Morgan fingerprint density at radius 3 is 2.43 bits per heavy atom. The van der Waals surface area contributed by atoms with Crippen LogP contribution in [0.3, 0.4) is 0 Å². The molecule has 2 aromatic heterocycles. The number of nitriles is 1. The van der Waals surface area contributed by atoms with E-state index in [2.05, 4.69) is 32.5 Å². The lowest BCUT2D eigenvalue weighted by molar-refractivity contribution is 0.102. The second kappa shape index (κ2) is 11.1. The van der Waals surface area contributed by atoms with E-state index in [0.717, 1.165) is 48.8 Å². The predicted molar refractivity (Wildman–Crippen MR) is 140 cm³/mol. The summed E-state index contributed by atoms with van der Waals surface area (Å²) in [6.45, 7) is 1.96. The monoisotopic (exact) mass is 491 g/mol. The molecule has 9 heteroatoms. The molecule has 0 spiro atoms. The first-order valence-electron chi connectivity index (χ1n) is 11.1. The van der Waals surface area contributed by atoms with Crippen molar-refractivity contribution in [2.24, 2.45) is 0 Å². The summed E-state index contributed by atoms with van der Waals surface area (Å²) in [5.74, 6) is 3.07. The van der Waals surface area contributed by atoms with Gasteiger partial charge in [-0.15, -0.1) is 0 Å². The Balaban J connectivity index is 0.000000623. The molecule has 4 rings (SSSR count). The topological polar surface area (TPSA) is 128 Å². The van der Waals surface area contributed by atoms with Crippen LogP contribution in [0.4, 0.5) is 17.2 Å². The summed E-state index contributed by atoms with van der Waals surface area (Å²) in [6, 6.07) is 15.5. The minimum Gasteiger partial charge on any atom is -0.338 e. The van der Waals surface area contributed by atoms with Crippen molar-refractivity contribution >= 4 is 38.8 Å². The quantitative estimate of drug-likeness (QED) is 0.432. The van der Waals surface area contributed by atoms with Crippen molar-refractivity contribution < 1.29 is 13.6 Å². The van der Waals surface area contributed by atoms with Crippen molar-refractivity contribution in [1.29, 1.82) is 5.26 Å². The molecule has 0 aliphatic heterocycles. The molecule has 3 N–H and O–H groups in total. The van der Waals surface area contributed by atoms with Crippen molar-refractivity contribution in [1.82, 2.24) is 9.97 Å². The minimum absolute atomic E-state index is 0.254. The fourth-order valence-corrected chi connectivity index (χ4v) is 3.93. The first-order valence-corrected chi connectivity index (χ1v) is 13.2. The minimum atomic E-state index is -2.67. The molecule has 0 bridgehead atoms. The van der Waals surface area contributed by atoms with Crippen molar-refractivity contribution in [3.8, 4) is 6.07 Å². The zero-order valence-corrected chi connectivity index (χ0v) is 20.6. The fourth-order valence-electron chi connectivity index (χ4n) is 3.93. The highest BCUT2D eigenvalue weighted by molar-refractivity contribution is 7.94. The molecule has 3 aromatic rings. The van der Waals surface area contributed by atoms with Gasteiger partial charge in [-0.3, -0.25) is 9.78 Å². The third kappa shape index (κ3) is 7.12. The maximum Gasteiger partial charge on any atom is 0.259 e. The van der Waals surface area contributed by atoms with Gasteiger partial charge in [0.15, 0.2) is 0 Å². The van der Waals surface area contributed by atoms with Crippen LogP contribution in [-0.2, 0) is 15.2 Å². The molecule has 1 aliphatic carbocycles. The predicted octanol–water partition coefficient (Wildman–Crippen LogP) is 4.92. The molecule has 1 amide bonds. The molecular formula is C26H29N5O3S. The van der Waals surface area contributed by atoms with E-state index in [1.807, 2.05) is 37.3 Å². The van der Waals surface area contributed by atoms with E-state index in [0.29, 0.717) is 17.1 Å². The second-order valence-electron chi connectivity index (χ2n) is 8.61. The number of hydrogen-bond acceptors (Lipinski definition) is 6. The Labute approximate surface area is 206 Å². The van der Waals surface area contributed by atoms with Crippen LogP contribution in [0.5, 0.6) is 0 Å². The maximum absolute atomic E-state index is 12.9. The van der Waals surface area contributed by atoms with Crippen molar-refractivity contribution in [2.45, 2.75) is 38.0 Å². The number of pyridine rings is 2. The molecule has 1 unspecified atom stereocenters. The molecule has 2 heterocycles. The Kier molecular flexibility index (Phi) is 8.22. The summed E-state index contributed by atoms with van der Waals surface area (Å²) in [6.07, 6.45) is 10.2. The number of benzene rings is 1. The Morgan fingerprint density at radius 2 is 1.83 bits per heavy atom. The molecule has 0 radical (unpaired) electrons. The lowest BCUT2D eigenvalue weighted by Crippen LogP contribution is -2.19. The number of aryl methyl sites for hydroxylation is 1. The summed E-state index contributed by atoms with van der Waals surface area (Å²) in [4.78, 5) is 21.4. The largest absolute Gasteiger partial charge is 0.338 e. The van der Waals surface area contributed by atoms with E-state index in [1.165, 1.54) is 0 Å². The number of carbonyl (C=O) groups is 1. The third-order valence-corrected chi connectivity index (χ3v) is 5.71. The van der Waals surface area contributed by atoms with Crippen LogP contribution in [0.15, 0.2) is 61.1 Å². The number of aromatic nitrogens is 2. The molecular weight excluding hydrogens is 462 g/mol. The van der Waals surface area contributed by atoms with E-state index < -0.39 is 9.80 Å². The van der Waals surface area contributed by atoms with Crippen LogP contribution in [0.25, 0.3) is 0 Å². The average molecular weight is 492 g/mol. The Hall–Kier alpha value is -3.74. The number of amides is 1. The fraction of sp³-hybridized carbons (Fsp3) is 0.269. The summed E-state index contributed by atoms with van der Waals surface area (Å²) in [5.41, 5.74) is 3.57. The molecule has 1 saturated carbocycles. The van der Waals surface area contributed by atoms with Gasteiger partial charge < -0.3 is 15.2 Å². The Morgan fingerprint density at radius 1 is 1.17 bits per heavy atom. The van der Waals surface area contributed by atoms with Gasteiger partial charge in [0.25, 0.3) is 5.91 Å². The average Bonchev–Trinajstić information content (AvgIpc) is 3.31. The number of hydrogen-bond donors (Lipinski definition) is 3. The van der Waals surface area contributed by atoms with E-state index in [1.54, 1.807) is 30.7 Å². The highest BCUT2D eigenvalue weighted by Gasteiger charge is 2.35. The molecule has 0 saturated heterocycles. The zero-order chi connectivity index (χ0) is 25.5. The Bertz CT molecular complexity index is 1320. The third-order valence-electron chi connectivity index (χ3n) is 5.71. The van der Waals surface area contributed by atoms with Crippen LogP contribution in [0, 0.1) is 18.3 Å². The molecule has 1 fully saturated rings. The van der Waals surface area contributed by atoms with Gasteiger partial charge in [-0.05, 0) is 67.1 Å². The van der Waals surface area contributed by atoms with E-state index in [4.69, 9.17) is 4.55 Å². The molecule has 182 valence electrons. The first-order chi connectivity index (χ1) is 16.6. The SMILES string of the molecule is C=S(C)(=O)O.Cc1ccncc1Nc1ncccc1C(=O)Nc1ccc(C2(C#N)CCCC2)cc1. The van der Waals surface area contributed by atoms with Gasteiger partial charge >= 0.3 is 0 Å². The molecule has 1 atom stereocenters. The van der Waals surface area contributed by atoms with Gasteiger partial charge in [0.1, 0.15) is 5.82 Å². The van der Waals surface area contributed by atoms with Crippen molar-refractivity contribution in [3.63, 3.8) is 0 Å². The number of anilines is 3. The van der Waals surface area contributed by atoms with Gasteiger partial charge in [0.2, 0.25) is 0 Å². The van der Waals surface area contributed by atoms with Gasteiger partial charge in [0.05, 0.1) is 38.7 Å². The summed E-state index contributed by atoms with van der Waals surface area (Å²) >= 11 is 0. The maximum atomic E-state index is 12.9. The van der Waals surface area contributed by atoms with Gasteiger partial charge in [-0.1, -0.05) is 25.0 Å². The second-order valence-corrected chi connectivity index (χ2v) is 10.5. The van der Waals surface area contributed by atoms with E-state index in [9.17, 15) is 14.3 Å². The number of nitrogens with zero attached hydrogens (tertiary/aromatic N) is 3. The van der Waals surface area contributed by atoms with Crippen molar-refractivity contribution in [2.75, 3.05) is 16.9 Å². The van der Waals surface area contributed by atoms with Crippen LogP contribution in [0.2, 0.25) is 0 Å². The van der Waals surface area contributed by atoms with Gasteiger partial charge in [-0.2, -0.15) is 5.26 Å². The van der Waals surface area contributed by atoms with Crippen LogP contribution < -0.4 is 10.6 Å². The van der Waals surface area contributed by atoms with Gasteiger partial charge in [-0.25, -0.2) is 9.19 Å². The number of nitrogens with one attached hydrogen (secondary N) is 2. The smallest absolute Gasteiger partial charge is 0.259 e. The summed E-state index contributed by atoms with van der Waals surface area (Å²) < 4.78 is 17.6. The zero-order valence-electron chi connectivity index (χ0n) is 19.8. The van der Waals surface area contributed by atoms with E-state index >= 15 is 0 Å². The molecule has 1 aromatic carbocycles. The number of carbonyl (C=O) groups excluding carboxylic acids is 1. The first kappa shape index (κ1) is 25.9.